The number of nitrogens with one attached hydrogen (secondary N) is 1. The van der Waals surface area contributed by atoms with Crippen molar-refractivity contribution in [3.63, 3.8) is 0 Å². The lowest BCUT2D eigenvalue weighted by molar-refractivity contribution is -0.143. The van der Waals surface area contributed by atoms with Crippen LogP contribution in [0.25, 0.3) is 17.2 Å². The minimum atomic E-state index is -1.66. The number of amides is 1. The van der Waals surface area contributed by atoms with Crippen LogP contribution < -0.4 is 5.32 Å². The minimum Gasteiger partial charge on any atom is -0.374 e. The number of hydrogen-bond donors (Lipinski definition) is 2. The van der Waals surface area contributed by atoms with Crippen LogP contribution in [0.5, 0.6) is 0 Å². The average Bonchev–Trinajstić information content (AvgIpc) is 3.43. The van der Waals surface area contributed by atoms with Crippen molar-refractivity contribution in [2.24, 2.45) is 0 Å². The highest BCUT2D eigenvalue weighted by molar-refractivity contribution is 5.87. The summed E-state index contributed by atoms with van der Waals surface area (Å²) < 4.78 is 1.43. The molecule has 166 valence electrons. The molecule has 11 heteroatoms. The van der Waals surface area contributed by atoms with Crippen LogP contribution >= 0.6 is 0 Å². The van der Waals surface area contributed by atoms with E-state index in [0.717, 1.165) is 11.4 Å². The van der Waals surface area contributed by atoms with E-state index in [0.29, 0.717) is 29.7 Å². The van der Waals surface area contributed by atoms with Crippen molar-refractivity contribution in [3.05, 3.63) is 66.4 Å². The second kappa shape index (κ2) is 8.02. The molecular formula is C22H21N9O2. The van der Waals surface area contributed by atoms with Crippen molar-refractivity contribution in [3.8, 4) is 17.2 Å². The lowest BCUT2D eigenvalue weighted by atomic mass is 9.99. The Morgan fingerprint density at radius 1 is 1.06 bits per heavy atom. The topological polar surface area (TPSA) is 135 Å². The van der Waals surface area contributed by atoms with E-state index in [1.54, 1.807) is 31.6 Å². The van der Waals surface area contributed by atoms with Crippen LogP contribution in [0.3, 0.4) is 0 Å². The predicted octanol–water partition coefficient (Wildman–Crippen LogP) is 1.62. The van der Waals surface area contributed by atoms with Crippen LogP contribution in [0.2, 0.25) is 0 Å². The molecule has 1 aliphatic rings. The van der Waals surface area contributed by atoms with E-state index >= 15 is 0 Å². The van der Waals surface area contributed by atoms with Gasteiger partial charge in [0.05, 0.1) is 29.0 Å². The highest BCUT2D eigenvalue weighted by atomic mass is 16.3. The van der Waals surface area contributed by atoms with Crippen molar-refractivity contribution in [2.45, 2.75) is 18.9 Å². The maximum atomic E-state index is 12.4. The quantitative estimate of drug-likeness (QED) is 0.472. The van der Waals surface area contributed by atoms with Gasteiger partial charge in [0.2, 0.25) is 5.95 Å². The number of aryl methyl sites for hydroxylation is 1. The zero-order chi connectivity index (χ0) is 23.0. The van der Waals surface area contributed by atoms with Gasteiger partial charge >= 0.3 is 0 Å². The van der Waals surface area contributed by atoms with Gasteiger partial charge in [0.15, 0.2) is 11.4 Å². The smallest absolute Gasteiger partial charge is 0.260 e. The molecule has 1 amide bonds. The van der Waals surface area contributed by atoms with E-state index in [4.69, 9.17) is 0 Å². The number of nitrogens with zero attached hydrogens (tertiary/aromatic N) is 8. The molecule has 1 atom stereocenters. The Hall–Kier alpha value is -4.25. The Labute approximate surface area is 189 Å². The molecule has 4 aromatic heterocycles. The summed E-state index contributed by atoms with van der Waals surface area (Å²) in [4.78, 5) is 31.6. The van der Waals surface area contributed by atoms with E-state index in [1.165, 1.54) is 15.8 Å². The number of hydrogen-bond acceptors (Lipinski definition) is 9. The summed E-state index contributed by atoms with van der Waals surface area (Å²) in [6, 6.07) is 10.9. The molecule has 0 aliphatic carbocycles. The molecule has 0 unspecified atom stereocenters. The van der Waals surface area contributed by atoms with Gasteiger partial charge in [-0.15, -0.1) is 5.10 Å². The SMILES string of the molecule is Cc1ncccc1Nc1nccc(-c2cccc(-n3cc([C@]4(O)CCN(C)C4=O)nn3)n2)n1. The van der Waals surface area contributed by atoms with Crippen LogP contribution in [0.15, 0.2) is 55.0 Å². The molecule has 5 heterocycles. The van der Waals surface area contributed by atoms with Gasteiger partial charge in [-0.1, -0.05) is 11.3 Å². The molecule has 1 fully saturated rings. The monoisotopic (exact) mass is 443 g/mol. The van der Waals surface area contributed by atoms with Crippen LogP contribution in [0.4, 0.5) is 11.6 Å². The molecule has 0 spiro atoms. The Kier molecular flexibility index (Phi) is 5.02. The van der Waals surface area contributed by atoms with E-state index in [1.807, 2.05) is 31.2 Å². The molecule has 1 aliphatic heterocycles. The molecule has 33 heavy (non-hydrogen) atoms. The van der Waals surface area contributed by atoms with Gasteiger partial charge in [-0.05, 0) is 37.3 Å². The minimum absolute atomic E-state index is 0.199. The number of aromatic nitrogens is 7. The molecule has 5 rings (SSSR count). The molecule has 1 saturated heterocycles. The third-order valence-electron chi connectivity index (χ3n) is 5.57. The van der Waals surface area contributed by atoms with Crippen molar-refractivity contribution in [1.29, 1.82) is 0 Å². The first kappa shape index (κ1) is 20.6. The third kappa shape index (κ3) is 3.78. The van der Waals surface area contributed by atoms with E-state index in [9.17, 15) is 9.90 Å². The first-order chi connectivity index (χ1) is 15.9. The molecule has 0 saturated carbocycles. The number of rotatable bonds is 5. The van der Waals surface area contributed by atoms with Crippen LogP contribution in [-0.4, -0.2) is 64.4 Å². The van der Waals surface area contributed by atoms with Gasteiger partial charge in [0.1, 0.15) is 5.69 Å². The van der Waals surface area contributed by atoms with Crippen LogP contribution in [-0.2, 0) is 10.4 Å². The van der Waals surface area contributed by atoms with Crippen molar-refractivity contribution in [1.82, 2.24) is 39.8 Å². The molecular weight excluding hydrogens is 422 g/mol. The fourth-order valence-electron chi connectivity index (χ4n) is 3.65. The maximum Gasteiger partial charge on any atom is 0.260 e. The Morgan fingerprint density at radius 2 is 1.91 bits per heavy atom. The predicted molar refractivity (Wildman–Crippen MR) is 119 cm³/mol. The highest BCUT2D eigenvalue weighted by Crippen LogP contribution is 2.31. The molecule has 11 nitrogen and oxygen atoms in total. The first-order valence-electron chi connectivity index (χ1n) is 10.3. The summed E-state index contributed by atoms with van der Waals surface area (Å²) in [6.07, 6.45) is 5.17. The van der Waals surface area contributed by atoms with Gasteiger partial charge in [0.25, 0.3) is 5.91 Å². The van der Waals surface area contributed by atoms with Gasteiger partial charge in [0, 0.05) is 32.4 Å². The molecule has 0 radical (unpaired) electrons. The van der Waals surface area contributed by atoms with Gasteiger partial charge < -0.3 is 15.3 Å². The molecule has 2 N–H and O–H groups in total. The maximum absolute atomic E-state index is 12.4. The molecule has 0 aromatic carbocycles. The lowest BCUT2D eigenvalue weighted by Crippen LogP contribution is -2.36. The Bertz CT molecular complexity index is 1340. The number of likely N-dealkylation sites (tertiary alicyclic amines) is 1. The van der Waals surface area contributed by atoms with Gasteiger partial charge in [-0.2, -0.15) is 0 Å². The largest absolute Gasteiger partial charge is 0.374 e. The number of carbonyl (C=O) groups is 1. The summed E-state index contributed by atoms with van der Waals surface area (Å²) in [7, 11) is 1.65. The van der Waals surface area contributed by atoms with Gasteiger partial charge in [-0.25, -0.2) is 19.6 Å². The zero-order valence-electron chi connectivity index (χ0n) is 18.0. The number of pyridine rings is 2. The summed E-state index contributed by atoms with van der Waals surface area (Å²) >= 11 is 0. The number of anilines is 2. The second-order valence-corrected chi connectivity index (χ2v) is 7.79. The standard InChI is InChI=1S/C22H21N9O2/c1-14-15(6-4-10-23-14)26-21-24-11-8-17(27-21)16-5-3-7-19(25-16)31-13-18(28-29-31)22(33)9-12-30(2)20(22)32/h3-8,10-11,13,33H,9,12H2,1-2H3,(H,24,26,27)/t22-/m1/s1. The number of aliphatic hydroxyl groups is 1. The first-order valence-corrected chi connectivity index (χ1v) is 10.3. The fourth-order valence-corrected chi connectivity index (χ4v) is 3.65. The van der Waals surface area contributed by atoms with Crippen molar-refractivity contribution >= 4 is 17.5 Å². The van der Waals surface area contributed by atoms with E-state index in [-0.39, 0.29) is 18.0 Å². The number of likely N-dealkylation sites (N-methyl/N-ethyl adjacent to an activating group) is 1. The summed E-state index contributed by atoms with van der Waals surface area (Å²) in [5, 5.41) is 22.1. The lowest BCUT2D eigenvalue weighted by Gasteiger charge is -2.17. The Balaban J connectivity index is 1.42. The summed E-state index contributed by atoms with van der Waals surface area (Å²) in [5.41, 5.74) is 1.40. The normalized spacial score (nSPS) is 18.0. The molecule has 4 aromatic rings. The van der Waals surface area contributed by atoms with Crippen LogP contribution in [0.1, 0.15) is 17.8 Å². The highest BCUT2D eigenvalue weighted by Gasteiger charge is 2.47. The fraction of sp³-hybridized carbons (Fsp3) is 0.227. The number of carbonyl (C=O) groups excluding carboxylic acids is 1. The summed E-state index contributed by atoms with van der Waals surface area (Å²) in [5.74, 6) is 0.510. The second-order valence-electron chi connectivity index (χ2n) is 7.79. The van der Waals surface area contributed by atoms with Crippen molar-refractivity contribution in [2.75, 3.05) is 18.9 Å². The molecule has 0 bridgehead atoms. The van der Waals surface area contributed by atoms with Gasteiger partial charge in [-0.3, -0.25) is 9.78 Å². The van der Waals surface area contributed by atoms with Crippen molar-refractivity contribution < 1.29 is 9.90 Å². The zero-order valence-corrected chi connectivity index (χ0v) is 18.0. The average molecular weight is 443 g/mol. The Morgan fingerprint density at radius 3 is 2.70 bits per heavy atom. The van der Waals surface area contributed by atoms with E-state index in [2.05, 4.69) is 35.6 Å². The van der Waals surface area contributed by atoms with Crippen LogP contribution in [0, 0.1) is 6.92 Å². The summed E-state index contributed by atoms with van der Waals surface area (Å²) in [6.45, 7) is 2.36. The third-order valence-corrected chi connectivity index (χ3v) is 5.57. The van der Waals surface area contributed by atoms with E-state index < -0.39 is 5.60 Å².